The van der Waals surface area contributed by atoms with Gasteiger partial charge in [-0.3, -0.25) is 0 Å². The van der Waals surface area contributed by atoms with E-state index in [0.717, 1.165) is 0 Å². The van der Waals surface area contributed by atoms with Crippen LogP contribution in [-0.2, 0) is 19.0 Å². The topological polar surface area (TPSA) is 44.8 Å². The lowest BCUT2D eigenvalue weighted by Crippen LogP contribution is -2.41. The number of ether oxygens (including phenoxy) is 3. The molecule has 0 radical (unpaired) electrons. The fraction of sp³-hybridized carbons (Fsp3) is 0.727. The van der Waals surface area contributed by atoms with Crippen LogP contribution in [0.15, 0.2) is 12.2 Å². The zero-order chi connectivity index (χ0) is 16.0. The van der Waals surface area contributed by atoms with Gasteiger partial charge >= 0.3 is 18.1 Å². The molecule has 1 unspecified atom stereocenters. The Labute approximate surface area is 112 Å². The molecule has 0 fully saturated rings. The molecular weight excluding hydrogens is 291 g/mol. The molecule has 4 nitrogen and oxygen atoms in total. The first kappa shape index (κ1) is 18.8. The van der Waals surface area contributed by atoms with E-state index in [9.17, 15) is 26.7 Å². The van der Waals surface area contributed by atoms with Crippen LogP contribution in [0.5, 0.6) is 0 Å². The summed E-state index contributed by atoms with van der Waals surface area (Å²) in [5.41, 5.74) is 0.140. The Morgan fingerprint density at radius 3 is 2.20 bits per heavy atom. The number of esters is 1. The van der Waals surface area contributed by atoms with E-state index in [1.165, 1.54) is 13.8 Å². The van der Waals surface area contributed by atoms with Crippen LogP contribution in [0.25, 0.3) is 0 Å². The number of hydrogen-bond acceptors (Lipinski definition) is 4. The smallest absolute Gasteiger partial charge is 0.433 e. The maximum Gasteiger partial charge on any atom is 0.455 e. The zero-order valence-electron chi connectivity index (χ0n) is 10.9. The van der Waals surface area contributed by atoms with Gasteiger partial charge in [0.2, 0.25) is 6.29 Å². The van der Waals surface area contributed by atoms with Crippen molar-refractivity contribution in [1.82, 2.24) is 0 Å². The fourth-order valence-electron chi connectivity index (χ4n) is 0.841. The van der Waals surface area contributed by atoms with Gasteiger partial charge in [-0.05, 0) is 13.8 Å². The molecule has 0 aromatic rings. The summed E-state index contributed by atoms with van der Waals surface area (Å²) < 4.78 is 73.8. The van der Waals surface area contributed by atoms with Gasteiger partial charge in [0.05, 0.1) is 13.2 Å². The summed E-state index contributed by atoms with van der Waals surface area (Å²) in [6.07, 6.45) is -6.65. The molecule has 0 saturated heterocycles. The summed E-state index contributed by atoms with van der Waals surface area (Å²) >= 11 is 0. The van der Waals surface area contributed by atoms with Gasteiger partial charge in [0.15, 0.2) is 0 Å². The summed E-state index contributed by atoms with van der Waals surface area (Å²) in [6, 6.07) is 0. The molecule has 0 aliphatic rings. The second kappa shape index (κ2) is 7.53. The van der Waals surface area contributed by atoms with Crippen molar-refractivity contribution in [3.05, 3.63) is 12.2 Å². The Hall–Kier alpha value is -1.22. The lowest BCUT2D eigenvalue weighted by Gasteiger charge is -2.19. The summed E-state index contributed by atoms with van der Waals surface area (Å²) in [5, 5.41) is 0. The minimum atomic E-state index is -5.65. The van der Waals surface area contributed by atoms with E-state index in [0.29, 0.717) is 0 Å². The van der Waals surface area contributed by atoms with Crippen LogP contribution >= 0.6 is 0 Å². The third-order valence-electron chi connectivity index (χ3n) is 1.90. The lowest BCUT2D eigenvalue weighted by atomic mass is 10.3. The van der Waals surface area contributed by atoms with Gasteiger partial charge in [-0.2, -0.15) is 22.0 Å². The standard InChI is InChI=1S/C11H15F5O4/c1-7(2)9(17)20-8(3)19-5-4-18-6-10(12,13)11(14,15)16/h8H,1,4-6H2,2-3H3. The molecule has 20 heavy (non-hydrogen) atoms. The highest BCUT2D eigenvalue weighted by Crippen LogP contribution is 2.35. The maximum absolute atomic E-state index is 12.4. The fourth-order valence-corrected chi connectivity index (χ4v) is 0.841. The third-order valence-corrected chi connectivity index (χ3v) is 1.90. The van der Waals surface area contributed by atoms with Gasteiger partial charge in [0.25, 0.3) is 0 Å². The second-order valence-electron chi connectivity index (χ2n) is 3.88. The van der Waals surface area contributed by atoms with Crippen LogP contribution in [0.1, 0.15) is 13.8 Å². The Morgan fingerprint density at radius 1 is 1.20 bits per heavy atom. The molecule has 0 amide bonds. The van der Waals surface area contributed by atoms with Crippen LogP contribution in [-0.4, -0.2) is 44.2 Å². The summed E-state index contributed by atoms with van der Waals surface area (Å²) in [6.45, 7) is 3.49. The highest BCUT2D eigenvalue weighted by atomic mass is 19.4. The molecule has 0 heterocycles. The van der Waals surface area contributed by atoms with E-state index in [4.69, 9.17) is 4.74 Å². The highest BCUT2D eigenvalue weighted by molar-refractivity contribution is 5.86. The predicted molar refractivity (Wildman–Crippen MR) is 58.1 cm³/mol. The van der Waals surface area contributed by atoms with Crippen LogP contribution in [0.2, 0.25) is 0 Å². The number of halogens is 5. The monoisotopic (exact) mass is 306 g/mol. The minimum absolute atomic E-state index is 0.140. The molecule has 0 spiro atoms. The van der Waals surface area contributed by atoms with Crippen LogP contribution in [0.3, 0.4) is 0 Å². The van der Waals surface area contributed by atoms with Gasteiger partial charge in [-0.1, -0.05) is 6.58 Å². The molecule has 1 atom stereocenters. The van der Waals surface area contributed by atoms with Gasteiger partial charge in [-0.25, -0.2) is 4.79 Å². The van der Waals surface area contributed by atoms with Gasteiger partial charge in [0.1, 0.15) is 6.61 Å². The van der Waals surface area contributed by atoms with Crippen LogP contribution in [0, 0.1) is 0 Å². The van der Waals surface area contributed by atoms with Crippen molar-refractivity contribution >= 4 is 5.97 Å². The number of carbonyl (C=O) groups is 1. The summed E-state index contributed by atoms with van der Waals surface area (Å²) in [5.74, 6) is -5.62. The van der Waals surface area contributed by atoms with E-state index in [1.54, 1.807) is 0 Å². The lowest BCUT2D eigenvalue weighted by molar-refractivity contribution is -0.297. The van der Waals surface area contributed by atoms with Crippen molar-refractivity contribution in [3.63, 3.8) is 0 Å². The SMILES string of the molecule is C=C(C)C(=O)OC(C)OCCOCC(F)(F)C(F)(F)F. The summed E-state index contributed by atoms with van der Waals surface area (Å²) in [4.78, 5) is 11.0. The first-order valence-electron chi connectivity index (χ1n) is 5.48. The number of alkyl halides is 5. The molecule has 0 rings (SSSR count). The first-order valence-corrected chi connectivity index (χ1v) is 5.48. The Morgan fingerprint density at radius 2 is 1.75 bits per heavy atom. The summed E-state index contributed by atoms with van der Waals surface area (Å²) in [7, 11) is 0. The van der Waals surface area contributed by atoms with E-state index in [-0.39, 0.29) is 12.2 Å². The molecule has 0 aliphatic carbocycles. The predicted octanol–water partition coefficient (Wildman–Crippen LogP) is 2.68. The third kappa shape index (κ3) is 6.80. The molecule has 0 bridgehead atoms. The molecule has 0 aromatic carbocycles. The van der Waals surface area contributed by atoms with Crippen molar-refractivity contribution in [1.29, 1.82) is 0 Å². The van der Waals surface area contributed by atoms with E-state index in [2.05, 4.69) is 16.1 Å². The van der Waals surface area contributed by atoms with Crippen molar-refractivity contribution in [3.8, 4) is 0 Å². The van der Waals surface area contributed by atoms with Crippen molar-refractivity contribution < 1.29 is 41.0 Å². The molecule has 0 aliphatic heterocycles. The number of carbonyl (C=O) groups excluding carboxylic acids is 1. The van der Waals surface area contributed by atoms with Gasteiger partial charge in [0, 0.05) is 5.57 Å². The molecule has 118 valence electrons. The first-order chi connectivity index (χ1) is 8.97. The molecular formula is C11H15F5O4. The normalized spacial score (nSPS) is 13.9. The number of hydrogen-bond donors (Lipinski definition) is 0. The molecule has 9 heteroatoms. The largest absolute Gasteiger partial charge is 0.455 e. The van der Waals surface area contributed by atoms with E-state index < -0.39 is 37.6 Å². The van der Waals surface area contributed by atoms with Gasteiger partial charge in [-0.15, -0.1) is 0 Å². The van der Waals surface area contributed by atoms with Crippen LogP contribution < -0.4 is 0 Å². The Bertz CT molecular complexity index is 340. The molecule has 0 N–H and O–H groups in total. The quantitative estimate of drug-likeness (QED) is 0.227. The number of rotatable bonds is 8. The van der Waals surface area contributed by atoms with E-state index >= 15 is 0 Å². The molecule has 0 saturated carbocycles. The minimum Gasteiger partial charge on any atom is -0.433 e. The molecule has 0 aromatic heterocycles. The Kier molecular flexibility index (Phi) is 7.07. The van der Waals surface area contributed by atoms with Crippen molar-refractivity contribution in [2.24, 2.45) is 0 Å². The van der Waals surface area contributed by atoms with Crippen molar-refractivity contribution in [2.45, 2.75) is 32.2 Å². The maximum atomic E-state index is 12.4. The second-order valence-corrected chi connectivity index (χ2v) is 3.88. The average Bonchev–Trinajstić information content (AvgIpc) is 2.26. The zero-order valence-corrected chi connectivity index (χ0v) is 10.9. The highest BCUT2D eigenvalue weighted by Gasteiger charge is 2.57. The van der Waals surface area contributed by atoms with Crippen LogP contribution in [0.4, 0.5) is 22.0 Å². The van der Waals surface area contributed by atoms with Crippen molar-refractivity contribution in [2.75, 3.05) is 19.8 Å². The van der Waals surface area contributed by atoms with E-state index in [1.807, 2.05) is 0 Å². The Balaban J connectivity index is 3.83. The average molecular weight is 306 g/mol. The van der Waals surface area contributed by atoms with Gasteiger partial charge < -0.3 is 14.2 Å².